The summed E-state index contributed by atoms with van der Waals surface area (Å²) in [6.07, 6.45) is 7.39. The molecule has 0 unspecified atom stereocenters. The van der Waals surface area contributed by atoms with Gasteiger partial charge < -0.3 is 10.1 Å². The van der Waals surface area contributed by atoms with E-state index < -0.39 is 0 Å². The van der Waals surface area contributed by atoms with Gasteiger partial charge in [-0.1, -0.05) is 47.6 Å². The standard InChI is InChI=1S/C15H20Cl3NO/c16-12-9-14(18)15(10-13(12)17)20-8-4-2-1-3-7-19-11-5-6-11/h9-11,19H,1-8H2. The topological polar surface area (TPSA) is 21.3 Å². The minimum Gasteiger partial charge on any atom is -0.492 e. The molecule has 112 valence electrons. The molecule has 0 heterocycles. The maximum Gasteiger partial charge on any atom is 0.139 e. The van der Waals surface area contributed by atoms with Gasteiger partial charge >= 0.3 is 0 Å². The smallest absolute Gasteiger partial charge is 0.139 e. The maximum absolute atomic E-state index is 6.04. The second kappa shape index (κ2) is 8.33. The lowest BCUT2D eigenvalue weighted by Crippen LogP contribution is -2.17. The van der Waals surface area contributed by atoms with E-state index in [0.717, 1.165) is 19.0 Å². The Balaban J connectivity index is 1.55. The van der Waals surface area contributed by atoms with Crippen molar-refractivity contribution in [1.82, 2.24) is 5.32 Å². The van der Waals surface area contributed by atoms with Crippen LogP contribution in [0.15, 0.2) is 12.1 Å². The zero-order valence-electron chi connectivity index (χ0n) is 11.4. The van der Waals surface area contributed by atoms with Gasteiger partial charge in [0, 0.05) is 12.1 Å². The van der Waals surface area contributed by atoms with Gasteiger partial charge in [-0.25, -0.2) is 0 Å². The van der Waals surface area contributed by atoms with E-state index in [1.165, 1.54) is 32.1 Å². The fraction of sp³-hybridized carbons (Fsp3) is 0.600. The van der Waals surface area contributed by atoms with Crippen LogP contribution < -0.4 is 10.1 Å². The lowest BCUT2D eigenvalue weighted by Gasteiger charge is -2.09. The van der Waals surface area contributed by atoms with Crippen LogP contribution in [0.2, 0.25) is 15.1 Å². The number of hydrogen-bond donors (Lipinski definition) is 1. The summed E-state index contributed by atoms with van der Waals surface area (Å²) in [6.45, 7) is 1.80. The Morgan fingerprint density at radius 1 is 0.950 bits per heavy atom. The lowest BCUT2D eigenvalue weighted by molar-refractivity contribution is 0.304. The van der Waals surface area contributed by atoms with Gasteiger partial charge in [-0.2, -0.15) is 0 Å². The van der Waals surface area contributed by atoms with Crippen LogP contribution in [0, 0.1) is 0 Å². The Morgan fingerprint density at radius 3 is 2.40 bits per heavy atom. The first-order valence-electron chi connectivity index (χ1n) is 7.17. The van der Waals surface area contributed by atoms with Crippen molar-refractivity contribution in [1.29, 1.82) is 0 Å². The summed E-state index contributed by atoms with van der Waals surface area (Å²) >= 11 is 17.8. The van der Waals surface area contributed by atoms with Gasteiger partial charge in [0.2, 0.25) is 0 Å². The van der Waals surface area contributed by atoms with Crippen LogP contribution in [0.25, 0.3) is 0 Å². The van der Waals surface area contributed by atoms with E-state index in [1.54, 1.807) is 12.1 Å². The van der Waals surface area contributed by atoms with E-state index in [2.05, 4.69) is 5.32 Å². The predicted molar refractivity (Wildman–Crippen MR) is 86.5 cm³/mol. The van der Waals surface area contributed by atoms with Gasteiger partial charge in [0.25, 0.3) is 0 Å². The Morgan fingerprint density at radius 2 is 1.65 bits per heavy atom. The molecule has 0 radical (unpaired) electrons. The zero-order chi connectivity index (χ0) is 14.4. The van der Waals surface area contributed by atoms with Crippen molar-refractivity contribution in [2.45, 2.75) is 44.6 Å². The second-order valence-electron chi connectivity index (χ2n) is 5.19. The molecule has 2 rings (SSSR count). The fourth-order valence-corrected chi connectivity index (χ4v) is 2.56. The summed E-state index contributed by atoms with van der Waals surface area (Å²) in [4.78, 5) is 0. The highest BCUT2D eigenvalue weighted by molar-refractivity contribution is 6.43. The molecule has 1 aliphatic carbocycles. The summed E-state index contributed by atoms with van der Waals surface area (Å²) in [6, 6.07) is 4.10. The van der Waals surface area contributed by atoms with Crippen molar-refractivity contribution in [3.8, 4) is 5.75 Å². The number of nitrogens with one attached hydrogen (secondary N) is 1. The molecule has 0 aromatic heterocycles. The maximum atomic E-state index is 6.04. The van der Waals surface area contributed by atoms with E-state index in [1.807, 2.05) is 0 Å². The second-order valence-corrected chi connectivity index (χ2v) is 6.41. The Hall–Kier alpha value is -0.150. The van der Waals surface area contributed by atoms with Gasteiger partial charge in [-0.05, 0) is 38.3 Å². The van der Waals surface area contributed by atoms with Crippen molar-refractivity contribution in [3.63, 3.8) is 0 Å². The molecule has 2 nitrogen and oxygen atoms in total. The Bertz CT molecular complexity index is 435. The van der Waals surface area contributed by atoms with Crippen LogP contribution in [0.5, 0.6) is 5.75 Å². The molecule has 0 bridgehead atoms. The largest absolute Gasteiger partial charge is 0.492 e. The minimum absolute atomic E-state index is 0.451. The van der Waals surface area contributed by atoms with Crippen LogP contribution >= 0.6 is 34.8 Å². The summed E-state index contributed by atoms with van der Waals surface area (Å²) in [5, 5.41) is 4.94. The van der Waals surface area contributed by atoms with Crippen LogP contribution in [0.1, 0.15) is 38.5 Å². The van der Waals surface area contributed by atoms with Crippen LogP contribution in [-0.2, 0) is 0 Å². The highest BCUT2D eigenvalue weighted by Crippen LogP contribution is 2.33. The summed E-state index contributed by atoms with van der Waals surface area (Å²) < 4.78 is 5.64. The zero-order valence-corrected chi connectivity index (χ0v) is 13.7. The molecule has 0 spiro atoms. The van der Waals surface area contributed by atoms with Gasteiger partial charge in [-0.15, -0.1) is 0 Å². The average Bonchev–Trinajstić information content (AvgIpc) is 3.22. The summed E-state index contributed by atoms with van der Waals surface area (Å²) in [7, 11) is 0. The Kier molecular flexibility index (Phi) is 6.76. The third-order valence-electron chi connectivity index (χ3n) is 3.31. The first kappa shape index (κ1) is 16.2. The summed E-state index contributed by atoms with van der Waals surface area (Å²) in [5.74, 6) is 0.608. The molecule has 1 saturated carbocycles. The number of benzene rings is 1. The van der Waals surface area contributed by atoms with E-state index >= 15 is 0 Å². The number of rotatable bonds is 9. The van der Waals surface area contributed by atoms with E-state index in [0.29, 0.717) is 27.4 Å². The molecule has 1 aromatic carbocycles. The molecule has 0 atom stereocenters. The number of ether oxygens (including phenoxy) is 1. The van der Waals surface area contributed by atoms with Crippen LogP contribution in [-0.4, -0.2) is 19.2 Å². The number of halogens is 3. The molecule has 0 aliphatic heterocycles. The molecule has 20 heavy (non-hydrogen) atoms. The van der Waals surface area contributed by atoms with Crippen LogP contribution in [0.4, 0.5) is 0 Å². The molecule has 1 aliphatic rings. The summed E-state index contributed by atoms with van der Waals surface area (Å²) in [5.41, 5.74) is 0. The van der Waals surface area contributed by atoms with Gasteiger partial charge in [0.1, 0.15) is 5.75 Å². The van der Waals surface area contributed by atoms with Gasteiger partial charge in [0.05, 0.1) is 21.7 Å². The normalized spacial score (nSPS) is 14.6. The number of hydrogen-bond acceptors (Lipinski definition) is 2. The predicted octanol–water partition coefficient (Wildman–Crippen LogP) is 5.34. The Labute approximate surface area is 135 Å². The monoisotopic (exact) mass is 335 g/mol. The van der Waals surface area contributed by atoms with Gasteiger partial charge in [0.15, 0.2) is 0 Å². The third kappa shape index (κ3) is 5.69. The highest BCUT2D eigenvalue weighted by Gasteiger charge is 2.19. The fourth-order valence-electron chi connectivity index (χ4n) is 1.97. The first-order chi connectivity index (χ1) is 9.66. The quantitative estimate of drug-likeness (QED) is 0.485. The van der Waals surface area contributed by atoms with E-state index in [-0.39, 0.29) is 0 Å². The highest BCUT2D eigenvalue weighted by atomic mass is 35.5. The van der Waals surface area contributed by atoms with Crippen molar-refractivity contribution >= 4 is 34.8 Å². The van der Waals surface area contributed by atoms with Gasteiger partial charge in [-0.3, -0.25) is 0 Å². The van der Waals surface area contributed by atoms with Crippen molar-refractivity contribution in [3.05, 3.63) is 27.2 Å². The van der Waals surface area contributed by atoms with Crippen molar-refractivity contribution in [2.24, 2.45) is 0 Å². The first-order valence-corrected chi connectivity index (χ1v) is 8.31. The number of unbranched alkanes of at least 4 members (excludes halogenated alkanes) is 3. The molecule has 0 saturated heterocycles. The van der Waals surface area contributed by atoms with Crippen LogP contribution in [0.3, 0.4) is 0 Å². The van der Waals surface area contributed by atoms with E-state index in [9.17, 15) is 0 Å². The molecule has 1 N–H and O–H groups in total. The third-order valence-corrected chi connectivity index (χ3v) is 4.33. The van der Waals surface area contributed by atoms with E-state index in [4.69, 9.17) is 39.5 Å². The molecule has 0 amide bonds. The molecule has 5 heteroatoms. The minimum atomic E-state index is 0.451. The lowest BCUT2D eigenvalue weighted by atomic mass is 10.2. The molecule has 1 fully saturated rings. The molecule has 1 aromatic rings. The molecular weight excluding hydrogens is 317 g/mol. The average molecular weight is 337 g/mol. The molecular formula is C15H20Cl3NO. The van der Waals surface area contributed by atoms with Crippen molar-refractivity contribution in [2.75, 3.05) is 13.2 Å². The SMILES string of the molecule is Clc1cc(Cl)c(OCCCCCCNC2CC2)cc1Cl. The van der Waals surface area contributed by atoms with Crippen molar-refractivity contribution < 1.29 is 4.74 Å².